The number of aromatic nitrogens is 2. The number of benzene rings is 2. The minimum Gasteiger partial charge on any atom is -0.497 e. The quantitative estimate of drug-likeness (QED) is 0.540. The van der Waals surface area contributed by atoms with Crippen LogP contribution in [0.1, 0.15) is 29.4 Å². The molecule has 1 N–H and O–H groups in total. The number of carbonyl (C=O) groups is 3. The molecule has 1 aromatic heterocycles. The van der Waals surface area contributed by atoms with Crippen molar-refractivity contribution in [2.75, 3.05) is 30.5 Å². The predicted octanol–water partition coefficient (Wildman–Crippen LogP) is 3.36. The van der Waals surface area contributed by atoms with Crippen LogP contribution in [0, 0.1) is 12.8 Å². The van der Waals surface area contributed by atoms with Gasteiger partial charge in [0.2, 0.25) is 11.8 Å². The summed E-state index contributed by atoms with van der Waals surface area (Å²) in [6.45, 7) is 4.11. The molecule has 1 saturated heterocycles. The summed E-state index contributed by atoms with van der Waals surface area (Å²) in [4.78, 5) is 39.2. The number of hydrogen-bond donors (Lipinski definition) is 1. The van der Waals surface area contributed by atoms with Crippen molar-refractivity contribution in [3.8, 4) is 11.4 Å². The molecule has 1 aliphatic rings. The first-order chi connectivity index (χ1) is 16.4. The van der Waals surface area contributed by atoms with Crippen molar-refractivity contribution in [2.24, 2.45) is 5.92 Å². The molecule has 0 aliphatic carbocycles. The Balaban J connectivity index is 1.46. The highest BCUT2D eigenvalue weighted by Crippen LogP contribution is 2.28. The topological polar surface area (TPSA) is 103 Å². The van der Waals surface area contributed by atoms with Crippen LogP contribution >= 0.6 is 0 Å². The highest BCUT2D eigenvalue weighted by atomic mass is 16.5. The van der Waals surface area contributed by atoms with Gasteiger partial charge < -0.3 is 19.7 Å². The summed E-state index contributed by atoms with van der Waals surface area (Å²) >= 11 is 0. The fraction of sp³-hybridized carbons (Fsp3) is 0.280. The Morgan fingerprint density at radius 2 is 1.91 bits per heavy atom. The van der Waals surface area contributed by atoms with Gasteiger partial charge >= 0.3 is 5.97 Å². The number of carbonyl (C=O) groups excluding carboxylic acids is 3. The van der Waals surface area contributed by atoms with Crippen LogP contribution in [0.5, 0.6) is 5.75 Å². The summed E-state index contributed by atoms with van der Waals surface area (Å²) in [5.74, 6) is -0.529. The first-order valence-electron chi connectivity index (χ1n) is 11.0. The fourth-order valence-electron chi connectivity index (χ4n) is 3.93. The number of amides is 2. The molecular formula is C25H26N4O5. The van der Waals surface area contributed by atoms with Crippen LogP contribution in [0.15, 0.2) is 54.7 Å². The van der Waals surface area contributed by atoms with Crippen molar-refractivity contribution in [2.45, 2.75) is 20.3 Å². The van der Waals surface area contributed by atoms with Crippen molar-refractivity contribution in [1.29, 1.82) is 0 Å². The molecule has 0 saturated carbocycles. The number of anilines is 2. The number of ether oxygens (including phenoxy) is 2. The van der Waals surface area contributed by atoms with E-state index in [1.54, 1.807) is 73.0 Å². The summed E-state index contributed by atoms with van der Waals surface area (Å²) in [6.07, 6.45) is 1.61. The Bertz CT molecular complexity index is 1220. The molecule has 1 atom stereocenters. The molecule has 2 aromatic carbocycles. The van der Waals surface area contributed by atoms with Gasteiger partial charge in [0.15, 0.2) is 0 Å². The molecule has 0 radical (unpaired) electrons. The van der Waals surface area contributed by atoms with E-state index < -0.39 is 11.9 Å². The third-order valence-corrected chi connectivity index (χ3v) is 5.74. The van der Waals surface area contributed by atoms with Crippen LogP contribution in [0.4, 0.5) is 11.4 Å². The van der Waals surface area contributed by atoms with Crippen LogP contribution in [-0.2, 0) is 14.3 Å². The zero-order valence-electron chi connectivity index (χ0n) is 19.3. The lowest BCUT2D eigenvalue weighted by Crippen LogP contribution is -2.28. The van der Waals surface area contributed by atoms with Gasteiger partial charge in [0.25, 0.3) is 0 Å². The molecule has 34 heavy (non-hydrogen) atoms. The molecule has 3 aromatic rings. The normalized spacial score (nSPS) is 15.3. The average Bonchev–Trinajstić information content (AvgIpc) is 3.42. The lowest BCUT2D eigenvalue weighted by atomic mass is 10.1. The van der Waals surface area contributed by atoms with Crippen molar-refractivity contribution in [3.05, 3.63) is 66.0 Å². The second kappa shape index (κ2) is 9.78. The van der Waals surface area contributed by atoms with Crippen molar-refractivity contribution in [3.63, 3.8) is 0 Å². The molecule has 4 rings (SSSR count). The fourth-order valence-corrected chi connectivity index (χ4v) is 3.93. The van der Waals surface area contributed by atoms with E-state index in [0.29, 0.717) is 34.9 Å². The summed E-state index contributed by atoms with van der Waals surface area (Å²) in [5, 5.41) is 7.20. The molecule has 2 heterocycles. The van der Waals surface area contributed by atoms with Crippen molar-refractivity contribution < 1.29 is 23.9 Å². The molecular weight excluding hydrogens is 436 g/mol. The molecule has 0 bridgehead atoms. The SMILES string of the molecule is CCOC(=O)c1cnn(-c2cccc(NC(=O)C3CC(=O)N(c4ccc(OC)cc4)C3)c2)c1C. The van der Waals surface area contributed by atoms with Gasteiger partial charge in [-0.1, -0.05) is 6.07 Å². The Morgan fingerprint density at radius 1 is 1.15 bits per heavy atom. The zero-order valence-corrected chi connectivity index (χ0v) is 19.3. The van der Waals surface area contributed by atoms with Crippen LogP contribution in [0.25, 0.3) is 5.69 Å². The Morgan fingerprint density at radius 3 is 2.62 bits per heavy atom. The lowest BCUT2D eigenvalue weighted by molar-refractivity contribution is -0.122. The molecule has 1 aliphatic heterocycles. The Hall–Kier alpha value is -4.14. The second-order valence-corrected chi connectivity index (χ2v) is 7.92. The zero-order chi connectivity index (χ0) is 24.2. The number of methoxy groups -OCH3 is 1. The maximum Gasteiger partial charge on any atom is 0.341 e. The first kappa shape index (κ1) is 23.0. The van der Waals surface area contributed by atoms with E-state index in [9.17, 15) is 14.4 Å². The van der Waals surface area contributed by atoms with Gasteiger partial charge in [-0.3, -0.25) is 9.59 Å². The Labute approximate surface area is 197 Å². The summed E-state index contributed by atoms with van der Waals surface area (Å²) in [6, 6.07) is 14.3. The van der Waals surface area contributed by atoms with Gasteiger partial charge in [0.05, 0.1) is 37.2 Å². The van der Waals surface area contributed by atoms with Gasteiger partial charge in [-0.2, -0.15) is 5.10 Å². The van der Waals surface area contributed by atoms with E-state index in [-0.39, 0.29) is 24.8 Å². The van der Waals surface area contributed by atoms with Crippen LogP contribution in [0.3, 0.4) is 0 Å². The predicted molar refractivity (Wildman–Crippen MR) is 126 cm³/mol. The van der Waals surface area contributed by atoms with E-state index in [1.165, 1.54) is 6.20 Å². The number of nitrogens with zero attached hydrogens (tertiary/aromatic N) is 3. The highest BCUT2D eigenvalue weighted by Gasteiger charge is 2.35. The monoisotopic (exact) mass is 462 g/mol. The van der Waals surface area contributed by atoms with Gasteiger partial charge in [0, 0.05) is 24.3 Å². The number of nitrogens with one attached hydrogen (secondary N) is 1. The number of esters is 1. The largest absolute Gasteiger partial charge is 0.497 e. The van der Waals surface area contributed by atoms with Gasteiger partial charge in [0.1, 0.15) is 11.3 Å². The van der Waals surface area contributed by atoms with E-state index in [0.717, 1.165) is 5.69 Å². The molecule has 2 amide bonds. The first-order valence-corrected chi connectivity index (χ1v) is 11.0. The van der Waals surface area contributed by atoms with Crippen LogP contribution < -0.4 is 15.0 Å². The van der Waals surface area contributed by atoms with Crippen molar-refractivity contribution in [1.82, 2.24) is 9.78 Å². The smallest absolute Gasteiger partial charge is 0.341 e. The molecule has 176 valence electrons. The van der Waals surface area contributed by atoms with Crippen molar-refractivity contribution >= 4 is 29.2 Å². The maximum absolute atomic E-state index is 12.9. The van der Waals surface area contributed by atoms with Crippen LogP contribution in [-0.4, -0.2) is 47.8 Å². The molecule has 9 nitrogen and oxygen atoms in total. The van der Waals surface area contributed by atoms with Crippen LogP contribution in [0.2, 0.25) is 0 Å². The minimum atomic E-state index is -0.472. The van der Waals surface area contributed by atoms with Gasteiger partial charge in [-0.15, -0.1) is 0 Å². The molecule has 1 fully saturated rings. The third kappa shape index (κ3) is 4.63. The molecule has 1 unspecified atom stereocenters. The van der Waals surface area contributed by atoms with E-state index in [2.05, 4.69) is 10.4 Å². The molecule has 9 heteroatoms. The van der Waals surface area contributed by atoms with Gasteiger partial charge in [-0.25, -0.2) is 9.48 Å². The third-order valence-electron chi connectivity index (χ3n) is 5.74. The standard InChI is InChI=1S/C25H26N4O5/c1-4-34-25(32)22-14-26-29(16(22)2)20-7-5-6-18(13-20)27-24(31)17-12-23(30)28(15-17)19-8-10-21(33-3)11-9-19/h5-11,13-14,17H,4,12,15H2,1-3H3,(H,27,31). The Kier molecular flexibility index (Phi) is 6.62. The van der Waals surface area contributed by atoms with E-state index in [1.807, 2.05) is 6.07 Å². The van der Waals surface area contributed by atoms with E-state index >= 15 is 0 Å². The summed E-state index contributed by atoms with van der Waals surface area (Å²) in [5.41, 5.74) is 3.02. The summed E-state index contributed by atoms with van der Waals surface area (Å²) < 4.78 is 11.8. The lowest BCUT2D eigenvalue weighted by Gasteiger charge is -2.17. The minimum absolute atomic E-state index is 0.0993. The van der Waals surface area contributed by atoms with E-state index in [4.69, 9.17) is 9.47 Å². The second-order valence-electron chi connectivity index (χ2n) is 7.92. The number of hydrogen-bond acceptors (Lipinski definition) is 6. The number of rotatable bonds is 7. The molecule has 0 spiro atoms. The highest BCUT2D eigenvalue weighted by molar-refractivity contribution is 6.03. The van der Waals surface area contributed by atoms with Gasteiger partial charge in [-0.05, 0) is 56.3 Å². The average molecular weight is 463 g/mol. The summed E-state index contributed by atoms with van der Waals surface area (Å²) in [7, 11) is 1.58. The maximum atomic E-state index is 12.9.